The zero-order valence-electron chi connectivity index (χ0n) is 16.1. The lowest BCUT2D eigenvalue weighted by molar-refractivity contribution is 0.380. The molecular weight excluding hydrogens is 490 g/mol. The van der Waals surface area contributed by atoms with Crippen LogP contribution in [-0.2, 0) is 0 Å². The molecule has 2 nitrogen and oxygen atoms in total. The third kappa shape index (κ3) is 3.01. The molecule has 0 saturated heterocycles. The van der Waals surface area contributed by atoms with Crippen molar-refractivity contribution >= 4 is 22.8 Å². The molecule has 172 valence electrons. The maximum absolute atomic E-state index is 14.7. The summed E-state index contributed by atoms with van der Waals surface area (Å²) in [4.78, 5) is 0. The minimum absolute atomic E-state index is 0.135. The van der Waals surface area contributed by atoms with E-state index >= 15 is 0 Å². The van der Waals surface area contributed by atoms with Crippen molar-refractivity contribution in [3.05, 3.63) is 69.3 Å². The zero-order chi connectivity index (χ0) is 24.5. The van der Waals surface area contributed by atoms with Gasteiger partial charge in [-0.25, -0.2) is 43.9 Å². The van der Waals surface area contributed by atoms with Crippen molar-refractivity contribution in [3.63, 3.8) is 0 Å². The molecule has 0 spiro atoms. The first-order chi connectivity index (χ1) is 15.4. The summed E-state index contributed by atoms with van der Waals surface area (Å²) in [6, 6.07) is 0. The number of aromatic nitrogens is 2. The van der Waals surface area contributed by atoms with Gasteiger partial charge in [-0.3, -0.25) is 0 Å². The van der Waals surface area contributed by atoms with E-state index in [9.17, 15) is 43.9 Å². The van der Waals surface area contributed by atoms with Gasteiger partial charge in [-0.1, -0.05) is 0 Å². The lowest BCUT2D eigenvalue weighted by Gasteiger charge is -2.20. The third-order valence-electron chi connectivity index (χ3n) is 5.12. The summed E-state index contributed by atoms with van der Waals surface area (Å²) in [7, 11) is 0. The fraction of sp³-hybridized carbons (Fsp3) is 0.100. The van der Waals surface area contributed by atoms with E-state index in [2.05, 4.69) is 8.75 Å². The third-order valence-corrected chi connectivity index (χ3v) is 5.65. The fourth-order valence-corrected chi connectivity index (χ4v) is 4.22. The Kier molecular flexibility index (Phi) is 5.34. The van der Waals surface area contributed by atoms with Gasteiger partial charge in [0.05, 0.1) is 22.9 Å². The van der Waals surface area contributed by atoms with E-state index in [4.69, 9.17) is 0 Å². The van der Waals surface area contributed by atoms with Gasteiger partial charge in [-0.05, 0) is 25.0 Å². The number of aryl methyl sites for hydroxylation is 2. The van der Waals surface area contributed by atoms with Crippen LogP contribution < -0.4 is 0 Å². The van der Waals surface area contributed by atoms with E-state index in [-0.39, 0.29) is 22.2 Å². The van der Waals surface area contributed by atoms with Crippen LogP contribution in [-0.4, -0.2) is 8.75 Å². The Balaban J connectivity index is 2.33. The highest BCUT2D eigenvalue weighted by Gasteiger charge is 2.35. The van der Waals surface area contributed by atoms with Crippen LogP contribution in [0.3, 0.4) is 0 Å². The first kappa shape index (κ1) is 23.0. The van der Waals surface area contributed by atoms with Crippen molar-refractivity contribution in [1.29, 1.82) is 0 Å². The number of rotatable bonds is 2. The Labute approximate surface area is 181 Å². The van der Waals surface area contributed by atoms with E-state index < -0.39 is 80.4 Å². The van der Waals surface area contributed by atoms with Gasteiger partial charge in [0.25, 0.3) is 0 Å². The molecule has 33 heavy (non-hydrogen) atoms. The standard InChI is InChI=1S/C20H6F10N2S/c1-3-5(7-9(21)13(25)17(29)14(26)10(7)22)6(4(2)20-19(3)31-33-32-20)8-11(23)15(27)18(30)16(28)12(8)24/h1-2H3. The SMILES string of the molecule is Cc1c(-c2c(F)c(F)c(F)c(F)c2F)c(-c2c(F)c(F)c(F)c(F)c2F)c(C)c2nsnc12. The predicted octanol–water partition coefficient (Wildman–Crippen LogP) is 7.03. The quantitative estimate of drug-likeness (QED) is 0.169. The van der Waals surface area contributed by atoms with E-state index in [1.165, 1.54) is 0 Å². The maximum Gasteiger partial charge on any atom is 0.200 e. The molecule has 0 unspecified atom stereocenters. The molecule has 0 aliphatic heterocycles. The van der Waals surface area contributed by atoms with Crippen LogP contribution in [0.2, 0.25) is 0 Å². The van der Waals surface area contributed by atoms with Crippen LogP contribution >= 0.6 is 11.7 Å². The largest absolute Gasteiger partial charge is 0.203 e. The molecular formula is C20H6F10N2S. The highest BCUT2D eigenvalue weighted by atomic mass is 32.1. The number of fused-ring (bicyclic) bond motifs is 1. The van der Waals surface area contributed by atoms with Crippen LogP contribution in [0.1, 0.15) is 11.1 Å². The average molecular weight is 496 g/mol. The zero-order valence-corrected chi connectivity index (χ0v) is 16.9. The Morgan fingerprint density at radius 3 is 0.909 bits per heavy atom. The summed E-state index contributed by atoms with van der Waals surface area (Å²) >= 11 is 0.532. The van der Waals surface area contributed by atoms with Crippen molar-refractivity contribution < 1.29 is 43.9 Å². The van der Waals surface area contributed by atoms with Gasteiger partial charge in [-0.2, -0.15) is 8.75 Å². The smallest absolute Gasteiger partial charge is 0.200 e. The minimum atomic E-state index is -2.50. The van der Waals surface area contributed by atoms with Gasteiger partial charge in [-0.15, -0.1) is 0 Å². The summed E-state index contributed by atoms with van der Waals surface area (Å²) in [5, 5.41) is 0. The number of halogens is 10. The molecule has 0 bridgehead atoms. The Morgan fingerprint density at radius 2 is 0.636 bits per heavy atom. The molecule has 4 rings (SSSR count). The fourth-order valence-electron chi connectivity index (χ4n) is 3.57. The van der Waals surface area contributed by atoms with Gasteiger partial charge in [0.1, 0.15) is 11.0 Å². The first-order valence-electron chi connectivity index (χ1n) is 8.70. The molecule has 0 radical (unpaired) electrons. The van der Waals surface area contributed by atoms with E-state index in [1.807, 2.05) is 0 Å². The second-order valence-corrected chi connectivity index (χ2v) is 7.38. The van der Waals surface area contributed by atoms with Crippen LogP contribution in [0.4, 0.5) is 43.9 Å². The van der Waals surface area contributed by atoms with Gasteiger partial charge < -0.3 is 0 Å². The monoisotopic (exact) mass is 496 g/mol. The number of hydrogen-bond acceptors (Lipinski definition) is 3. The van der Waals surface area contributed by atoms with E-state index in [1.54, 1.807) is 0 Å². The van der Waals surface area contributed by atoms with Gasteiger partial charge in [0.2, 0.25) is 11.6 Å². The van der Waals surface area contributed by atoms with Crippen LogP contribution in [0.15, 0.2) is 0 Å². The maximum atomic E-state index is 14.7. The lowest BCUT2D eigenvalue weighted by atomic mass is 9.85. The molecule has 1 heterocycles. The summed E-state index contributed by atoms with van der Waals surface area (Å²) in [5.41, 5.74) is -6.25. The summed E-state index contributed by atoms with van der Waals surface area (Å²) in [5.74, 6) is -24.0. The average Bonchev–Trinajstić information content (AvgIpc) is 3.29. The Hall–Kier alpha value is -3.22. The van der Waals surface area contributed by atoms with Crippen molar-refractivity contribution in [2.24, 2.45) is 0 Å². The second-order valence-electron chi connectivity index (χ2n) is 6.85. The molecule has 0 N–H and O–H groups in total. The van der Waals surface area contributed by atoms with Gasteiger partial charge in [0.15, 0.2) is 46.5 Å². The van der Waals surface area contributed by atoms with E-state index in [0.29, 0.717) is 11.7 Å². The highest BCUT2D eigenvalue weighted by Crippen LogP contribution is 2.46. The van der Waals surface area contributed by atoms with Crippen molar-refractivity contribution in [2.75, 3.05) is 0 Å². The molecule has 3 aromatic carbocycles. The summed E-state index contributed by atoms with van der Waals surface area (Å²) in [6.45, 7) is 2.12. The summed E-state index contributed by atoms with van der Waals surface area (Å²) < 4.78 is 149. The Bertz CT molecular complexity index is 1330. The molecule has 1 aromatic heterocycles. The molecule has 4 aromatic rings. The van der Waals surface area contributed by atoms with Crippen LogP contribution in [0, 0.1) is 72.0 Å². The number of hydrogen-bond donors (Lipinski definition) is 0. The second kappa shape index (κ2) is 7.68. The topological polar surface area (TPSA) is 25.8 Å². The molecule has 13 heteroatoms. The molecule has 0 saturated carbocycles. The number of benzene rings is 3. The molecule has 0 aliphatic carbocycles. The van der Waals surface area contributed by atoms with Gasteiger partial charge in [0, 0.05) is 11.1 Å². The van der Waals surface area contributed by atoms with Crippen molar-refractivity contribution in [1.82, 2.24) is 8.75 Å². The van der Waals surface area contributed by atoms with Crippen molar-refractivity contribution in [2.45, 2.75) is 13.8 Å². The summed E-state index contributed by atoms with van der Waals surface area (Å²) in [6.07, 6.45) is 0. The Morgan fingerprint density at radius 1 is 0.394 bits per heavy atom. The van der Waals surface area contributed by atoms with Crippen LogP contribution in [0.5, 0.6) is 0 Å². The van der Waals surface area contributed by atoms with E-state index in [0.717, 1.165) is 13.8 Å². The first-order valence-corrected chi connectivity index (χ1v) is 9.43. The highest BCUT2D eigenvalue weighted by molar-refractivity contribution is 7.00. The van der Waals surface area contributed by atoms with Crippen molar-refractivity contribution in [3.8, 4) is 22.3 Å². The normalized spacial score (nSPS) is 11.6. The number of nitrogens with zero attached hydrogens (tertiary/aromatic N) is 2. The molecule has 0 amide bonds. The predicted molar refractivity (Wildman–Crippen MR) is 97.3 cm³/mol. The van der Waals surface area contributed by atoms with Crippen LogP contribution in [0.25, 0.3) is 33.3 Å². The minimum Gasteiger partial charge on any atom is -0.203 e. The molecule has 0 fully saturated rings. The lowest BCUT2D eigenvalue weighted by Crippen LogP contribution is -2.10. The van der Waals surface area contributed by atoms with Gasteiger partial charge >= 0.3 is 0 Å². The molecule has 0 atom stereocenters. The molecule has 0 aliphatic rings.